The van der Waals surface area contributed by atoms with Crippen LogP contribution in [0.5, 0.6) is 0 Å². The van der Waals surface area contributed by atoms with Gasteiger partial charge in [0, 0.05) is 10.5 Å². The van der Waals surface area contributed by atoms with Gasteiger partial charge in [-0.25, -0.2) is 4.79 Å². The van der Waals surface area contributed by atoms with Crippen LogP contribution in [-0.4, -0.2) is 162 Å². The molecule has 0 bridgehead atoms. The Labute approximate surface area is 258 Å². The molecule has 0 heterocycles. The predicted octanol–water partition coefficient (Wildman–Crippen LogP) is 1.33. The van der Waals surface area contributed by atoms with Crippen LogP contribution < -0.4 is 0 Å². The molecule has 244 valence electrons. The van der Waals surface area contributed by atoms with E-state index in [2.05, 4.69) is 29.2 Å². The van der Waals surface area contributed by atoms with Crippen molar-refractivity contribution in [3.05, 3.63) is 12.7 Å². The van der Waals surface area contributed by atoms with Gasteiger partial charge in [0.25, 0.3) is 0 Å². The van der Waals surface area contributed by atoms with Gasteiger partial charge in [0.2, 0.25) is 0 Å². The summed E-state index contributed by atoms with van der Waals surface area (Å²) in [6, 6.07) is 0. The molecule has 0 aliphatic rings. The van der Waals surface area contributed by atoms with Gasteiger partial charge in [-0.1, -0.05) is 29.2 Å². The molecule has 0 atom stereocenters. The summed E-state index contributed by atoms with van der Waals surface area (Å²) in [6.07, 6.45) is 1.11. The number of hydrogen-bond acceptors (Lipinski definition) is 13. The summed E-state index contributed by atoms with van der Waals surface area (Å²) in [5.74, 6) is -0.458. The summed E-state index contributed by atoms with van der Waals surface area (Å²) in [5, 5.41) is 0. The van der Waals surface area contributed by atoms with Crippen LogP contribution >= 0.6 is 22.6 Å². The zero-order valence-electron chi connectivity index (χ0n) is 24.4. The third kappa shape index (κ3) is 37.5. The van der Waals surface area contributed by atoms with E-state index in [1.807, 2.05) is 0 Å². The van der Waals surface area contributed by atoms with E-state index in [9.17, 15) is 4.79 Å². The molecule has 0 aromatic carbocycles. The van der Waals surface area contributed by atoms with Crippen LogP contribution in [0.2, 0.25) is 0 Å². The Kier molecular flexibility index (Phi) is 37.1. The molecule has 13 nitrogen and oxygen atoms in total. The normalized spacial score (nSPS) is 11.2. The van der Waals surface area contributed by atoms with E-state index >= 15 is 0 Å². The van der Waals surface area contributed by atoms with Crippen LogP contribution in [0.1, 0.15) is 0 Å². The van der Waals surface area contributed by atoms with E-state index in [1.54, 1.807) is 0 Å². The molecule has 0 unspecified atom stereocenters. The molecule has 0 fully saturated rings. The second kappa shape index (κ2) is 37.5. The Balaban J connectivity index is 3.04. The highest BCUT2D eigenvalue weighted by Crippen LogP contribution is 1.88. The summed E-state index contributed by atoms with van der Waals surface area (Å²) in [6.45, 7) is 14.8. The van der Waals surface area contributed by atoms with Crippen molar-refractivity contribution in [1.29, 1.82) is 0 Å². The quantitative estimate of drug-likeness (QED) is 0.0306. The van der Waals surface area contributed by atoms with E-state index in [0.717, 1.165) is 17.1 Å². The lowest BCUT2D eigenvalue weighted by Gasteiger charge is -2.09. The van der Waals surface area contributed by atoms with Gasteiger partial charge < -0.3 is 56.8 Å². The molecule has 0 amide bonds. The average molecular weight is 711 g/mol. The van der Waals surface area contributed by atoms with Crippen molar-refractivity contribution >= 4 is 28.6 Å². The highest BCUT2D eigenvalue weighted by Gasteiger charge is 1.97. The molecule has 0 aliphatic heterocycles. The molecular formula is C27H51IO13. The molecule has 0 N–H and O–H groups in total. The summed E-state index contributed by atoms with van der Waals surface area (Å²) in [5.41, 5.74) is 0. The van der Waals surface area contributed by atoms with Crippen molar-refractivity contribution in [1.82, 2.24) is 0 Å². The van der Waals surface area contributed by atoms with Crippen LogP contribution in [-0.2, 0) is 61.6 Å². The fourth-order valence-electron chi connectivity index (χ4n) is 2.62. The van der Waals surface area contributed by atoms with E-state index in [0.29, 0.717) is 139 Å². The minimum absolute atomic E-state index is 0.200. The first-order valence-corrected chi connectivity index (χ1v) is 15.5. The number of halogens is 1. The van der Waals surface area contributed by atoms with Gasteiger partial charge in [-0.15, -0.1) is 0 Å². The van der Waals surface area contributed by atoms with Crippen molar-refractivity contribution in [3.8, 4) is 0 Å². The molecule has 0 saturated carbocycles. The first-order valence-electron chi connectivity index (χ1n) is 14.0. The number of carbonyl (C=O) groups is 1. The second-order valence-corrected chi connectivity index (χ2v) is 8.88. The monoisotopic (exact) mass is 710 g/mol. The lowest BCUT2D eigenvalue weighted by Crippen LogP contribution is -2.15. The number of ether oxygens (including phenoxy) is 12. The Morgan fingerprint density at radius 3 is 0.780 bits per heavy atom. The van der Waals surface area contributed by atoms with Gasteiger partial charge >= 0.3 is 5.97 Å². The maximum absolute atomic E-state index is 10.8. The Hall–Kier alpha value is -0.500. The molecule has 0 aromatic rings. The Morgan fingerprint density at radius 1 is 0.390 bits per heavy atom. The van der Waals surface area contributed by atoms with Crippen LogP contribution in [0.3, 0.4) is 0 Å². The van der Waals surface area contributed by atoms with E-state index in [1.165, 1.54) is 0 Å². The van der Waals surface area contributed by atoms with Crippen LogP contribution in [0, 0.1) is 0 Å². The summed E-state index contributed by atoms with van der Waals surface area (Å²) < 4.78 is 65.2. The average Bonchev–Trinajstić information content (AvgIpc) is 2.99. The molecule has 14 heteroatoms. The number of hydrogen-bond donors (Lipinski definition) is 0. The maximum atomic E-state index is 10.8. The highest BCUT2D eigenvalue weighted by atomic mass is 127. The Morgan fingerprint density at radius 2 is 0.585 bits per heavy atom. The first-order chi connectivity index (χ1) is 20.3. The van der Waals surface area contributed by atoms with Crippen molar-refractivity contribution in [2.24, 2.45) is 0 Å². The maximum Gasteiger partial charge on any atom is 0.330 e. The van der Waals surface area contributed by atoms with E-state index in [-0.39, 0.29) is 6.61 Å². The minimum Gasteiger partial charge on any atom is -0.460 e. The van der Waals surface area contributed by atoms with Crippen molar-refractivity contribution < 1.29 is 61.6 Å². The molecule has 0 spiro atoms. The molecular weight excluding hydrogens is 659 g/mol. The fraction of sp³-hybridized carbons (Fsp3) is 0.889. The third-order valence-electron chi connectivity index (χ3n) is 4.58. The summed E-state index contributed by atoms with van der Waals surface area (Å²) in [7, 11) is 0. The van der Waals surface area contributed by atoms with Crippen molar-refractivity contribution in [3.63, 3.8) is 0 Å². The van der Waals surface area contributed by atoms with E-state index in [4.69, 9.17) is 56.8 Å². The smallest absolute Gasteiger partial charge is 0.330 e. The first kappa shape index (κ1) is 40.5. The zero-order chi connectivity index (χ0) is 29.7. The molecule has 0 radical (unpaired) electrons. The summed E-state index contributed by atoms with van der Waals surface area (Å²) in [4.78, 5) is 10.8. The molecule has 0 rings (SSSR count). The number of esters is 1. The highest BCUT2D eigenvalue weighted by molar-refractivity contribution is 14.1. The second-order valence-electron chi connectivity index (χ2n) is 7.80. The van der Waals surface area contributed by atoms with Gasteiger partial charge in [-0.05, 0) is 0 Å². The lowest BCUT2D eigenvalue weighted by molar-refractivity contribution is -0.139. The van der Waals surface area contributed by atoms with Crippen molar-refractivity contribution in [2.75, 3.05) is 156 Å². The summed E-state index contributed by atoms with van der Waals surface area (Å²) >= 11 is 2.27. The SMILES string of the molecule is C=CC(=O)OCCOCCOCCOCCOCCOCCOCCOCCOCCOCCOCCOCCI. The van der Waals surface area contributed by atoms with Crippen molar-refractivity contribution in [2.45, 2.75) is 0 Å². The van der Waals surface area contributed by atoms with Crippen LogP contribution in [0.15, 0.2) is 12.7 Å². The van der Waals surface area contributed by atoms with Gasteiger partial charge in [0.1, 0.15) is 6.61 Å². The minimum atomic E-state index is -0.458. The zero-order valence-corrected chi connectivity index (χ0v) is 26.6. The lowest BCUT2D eigenvalue weighted by atomic mass is 10.6. The van der Waals surface area contributed by atoms with E-state index < -0.39 is 5.97 Å². The standard InChI is InChI=1S/C27H51IO13/c1-2-27(29)41-26-25-40-24-23-39-22-21-38-20-19-37-18-17-36-16-15-35-14-13-34-12-11-33-10-9-32-8-7-31-6-5-30-4-3-28/h2H,1,3-26H2. The fourth-order valence-corrected chi connectivity index (χ4v) is 2.93. The van der Waals surface area contributed by atoms with Gasteiger partial charge in [-0.2, -0.15) is 0 Å². The van der Waals surface area contributed by atoms with Gasteiger partial charge in [0.05, 0.1) is 145 Å². The third-order valence-corrected chi connectivity index (χ3v) is 5.02. The largest absolute Gasteiger partial charge is 0.460 e. The van der Waals surface area contributed by atoms with Gasteiger partial charge in [-0.3, -0.25) is 0 Å². The number of rotatable bonds is 36. The van der Waals surface area contributed by atoms with Crippen LogP contribution in [0.4, 0.5) is 0 Å². The Bertz CT molecular complexity index is 531. The molecule has 0 aromatic heterocycles. The molecule has 0 aliphatic carbocycles. The predicted molar refractivity (Wildman–Crippen MR) is 159 cm³/mol. The number of carbonyl (C=O) groups excluding carboxylic acids is 1. The molecule has 0 saturated heterocycles. The van der Waals surface area contributed by atoms with Crippen LogP contribution in [0.25, 0.3) is 0 Å². The topological polar surface area (TPSA) is 128 Å². The van der Waals surface area contributed by atoms with Gasteiger partial charge in [0.15, 0.2) is 0 Å². The molecule has 41 heavy (non-hydrogen) atoms. The number of alkyl halides is 1.